The topological polar surface area (TPSA) is 76.8 Å². The van der Waals surface area contributed by atoms with Gasteiger partial charge in [-0.2, -0.15) is 0 Å². The summed E-state index contributed by atoms with van der Waals surface area (Å²) in [6, 6.07) is 6.48. The lowest BCUT2D eigenvalue weighted by Gasteiger charge is -2.29. The Morgan fingerprint density at radius 1 is 1.37 bits per heavy atom. The van der Waals surface area contributed by atoms with E-state index < -0.39 is 17.6 Å². The van der Waals surface area contributed by atoms with Crippen LogP contribution in [0, 0.1) is 0 Å². The standard InChI is InChI=1S/C20H21NO5S/c1-3-12-4-5-14-13(9-18(23)26-16(14)8-12)10-25-19(24)15-11-27-20(2)7-6-17(22)21(15)20/h4-5,8-9,15H,3,6-7,10-11H2,1-2H3/t15-,20+/m0/s1. The lowest BCUT2D eigenvalue weighted by Crippen LogP contribution is -2.46. The normalized spacial score (nSPS) is 24.4. The van der Waals surface area contributed by atoms with Crippen molar-refractivity contribution in [1.29, 1.82) is 0 Å². The van der Waals surface area contributed by atoms with Crippen LogP contribution in [0.3, 0.4) is 0 Å². The first kappa shape index (κ1) is 18.1. The Balaban J connectivity index is 1.54. The highest BCUT2D eigenvalue weighted by molar-refractivity contribution is 8.01. The number of nitrogens with zero attached hydrogens (tertiary/aromatic N) is 1. The summed E-state index contributed by atoms with van der Waals surface area (Å²) in [7, 11) is 0. The molecular formula is C20H21NO5S. The van der Waals surface area contributed by atoms with Crippen LogP contribution in [0.25, 0.3) is 11.0 Å². The minimum atomic E-state index is -0.562. The van der Waals surface area contributed by atoms with Crippen molar-refractivity contribution in [3.63, 3.8) is 0 Å². The van der Waals surface area contributed by atoms with Gasteiger partial charge in [0.15, 0.2) is 0 Å². The average molecular weight is 387 g/mol. The van der Waals surface area contributed by atoms with Gasteiger partial charge in [0.2, 0.25) is 5.91 Å². The fourth-order valence-corrected chi connectivity index (χ4v) is 5.27. The quantitative estimate of drug-likeness (QED) is 0.593. The van der Waals surface area contributed by atoms with Gasteiger partial charge < -0.3 is 14.1 Å². The Morgan fingerprint density at radius 2 is 2.19 bits per heavy atom. The number of carbonyl (C=O) groups excluding carboxylic acids is 2. The van der Waals surface area contributed by atoms with Gasteiger partial charge in [0.05, 0.1) is 4.87 Å². The smallest absolute Gasteiger partial charge is 0.336 e. The van der Waals surface area contributed by atoms with Crippen LogP contribution in [0.4, 0.5) is 0 Å². The molecule has 2 saturated heterocycles. The summed E-state index contributed by atoms with van der Waals surface area (Å²) in [5.41, 5.74) is 1.69. The maximum Gasteiger partial charge on any atom is 0.336 e. The molecule has 0 unspecified atom stereocenters. The highest BCUT2D eigenvalue weighted by Crippen LogP contribution is 2.47. The molecule has 2 aliphatic heterocycles. The van der Waals surface area contributed by atoms with Crippen molar-refractivity contribution in [1.82, 2.24) is 4.90 Å². The molecule has 4 rings (SSSR count). The molecule has 1 aromatic heterocycles. The van der Waals surface area contributed by atoms with Crippen molar-refractivity contribution < 1.29 is 18.7 Å². The zero-order valence-corrected chi connectivity index (χ0v) is 16.1. The van der Waals surface area contributed by atoms with Gasteiger partial charge in [-0.3, -0.25) is 4.79 Å². The summed E-state index contributed by atoms with van der Waals surface area (Å²) in [6.45, 7) is 4.00. The zero-order chi connectivity index (χ0) is 19.2. The molecule has 27 heavy (non-hydrogen) atoms. The van der Waals surface area contributed by atoms with Gasteiger partial charge in [-0.15, -0.1) is 11.8 Å². The Bertz CT molecular complexity index is 984. The number of amides is 1. The van der Waals surface area contributed by atoms with E-state index in [1.54, 1.807) is 16.7 Å². The second kappa shape index (κ2) is 6.71. The molecule has 2 aromatic rings. The molecule has 0 aliphatic carbocycles. The number of fused-ring (bicyclic) bond motifs is 2. The monoisotopic (exact) mass is 387 g/mol. The van der Waals surface area contributed by atoms with Crippen LogP contribution >= 0.6 is 11.8 Å². The van der Waals surface area contributed by atoms with Crippen LogP contribution in [0.15, 0.2) is 33.5 Å². The van der Waals surface area contributed by atoms with Crippen molar-refractivity contribution >= 4 is 34.6 Å². The zero-order valence-electron chi connectivity index (χ0n) is 15.3. The SMILES string of the molecule is CCc1ccc2c(COC(=O)[C@@H]3CS[C@]4(C)CCC(=O)N34)cc(=O)oc2c1. The predicted octanol–water partition coefficient (Wildman–Crippen LogP) is 2.85. The van der Waals surface area contributed by atoms with Crippen molar-refractivity contribution in [3.05, 3.63) is 45.8 Å². The Labute approximate surface area is 160 Å². The molecule has 0 radical (unpaired) electrons. The predicted molar refractivity (Wildman–Crippen MR) is 102 cm³/mol. The van der Waals surface area contributed by atoms with Gasteiger partial charge in [-0.25, -0.2) is 9.59 Å². The Morgan fingerprint density at radius 3 is 2.96 bits per heavy atom. The van der Waals surface area contributed by atoms with Crippen LogP contribution in [-0.4, -0.2) is 33.4 Å². The summed E-state index contributed by atoms with van der Waals surface area (Å²) < 4.78 is 10.8. The number of rotatable bonds is 4. The van der Waals surface area contributed by atoms with E-state index in [0.29, 0.717) is 23.3 Å². The third-order valence-electron chi connectivity index (χ3n) is 5.39. The molecule has 3 heterocycles. The molecule has 142 valence electrons. The summed E-state index contributed by atoms with van der Waals surface area (Å²) in [5.74, 6) is 0.119. The Kier molecular flexibility index (Phi) is 4.50. The lowest BCUT2D eigenvalue weighted by atomic mass is 10.1. The first-order valence-electron chi connectivity index (χ1n) is 9.10. The highest BCUT2D eigenvalue weighted by atomic mass is 32.2. The fraction of sp³-hybridized carbons (Fsp3) is 0.450. The van der Waals surface area contributed by atoms with Crippen molar-refractivity contribution in [2.45, 2.75) is 50.6 Å². The molecule has 2 atom stereocenters. The molecule has 1 amide bonds. The van der Waals surface area contributed by atoms with Gasteiger partial charge in [-0.1, -0.05) is 19.1 Å². The Hall–Kier alpha value is -2.28. The summed E-state index contributed by atoms with van der Waals surface area (Å²) in [5, 5.41) is 0.752. The van der Waals surface area contributed by atoms with E-state index >= 15 is 0 Å². The molecule has 0 saturated carbocycles. The summed E-state index contributed by atoms with van der Waals surface area (Å²) in [6.07, 6.45) is 2.06. The van der Waals surface area contributed by atoms with E-state index in [1.807, 2.05) is 32.0 Å². The number of carbonyl (C=O) groups is 2. The van der Waals surface area contributed by atoms with Crippen LogP contribution in [0.2, 0.25) is 0 Å². The van der Waals surface area contributed by atoms with E-state index in [1.165, 1.54) is 6.07 Å². The molecule has 0 spiro atoms. The number of esters is 1. The third-order valence-corrected chi connectivity index (χ3v) is 6.89. The van der Waals surface area contributed by atoms with Crippen molar-refractivity contribution in [2.75, 3.05) is 5.75 Å². The average Bonchev–Trinajstić information content (AvgIpc) is 3.14. The van der Waals surface area contributed by atoms with Gasteiger partial charge in [0, 0.05) is 29.2 Å². The van der Waals surface area contributed by atoms with E-state index in [9.17, 15) is 14.4 Å². The van der Waals surface area contributed by atoms with E-state index in [-0.39, 0.29) is 17.4 Å². The minimum absolute atomic E-state index is 0.00218. The maximum atomic E-state index is 12.6. The third kappa shape index (κ3) is 3.14. The molecule has 0 N–H and O–H groups in total. The fourth-order valence-electron chi connectivity index (χ4n) is 3.85. The van der Waals surface area contributed by atoms with Gasteiger partial charge in [-0.05, 0) is 31.4 Å². The molecule has 0 bridgehead atoms. The van der Waals surface area contributed by atoms with E-state index in [0.717, 1.165) is 23.8 Å². The molecule has 2 fully saturated rings. The number of hydrogen-bond acceptors (Lipinski definition) is 6. The van der Waals surface area contributed by atoms with E-state index in [2.05, 4.69) is 0 Å². The van der Waals surface area contributed by atoms with E-state index in [4.69, 9.17) is 9.15 Å². The van der Waals surface area contributed by atoms with Gasteiger partial charge in [0.1, 0.15) is 18.2 Å². The number of ether oxygens (including phenoxy) is 1. The second-order valence-electron chi connectivity index (χ2n) is 7.15. The summed E-state index contributed by atoms with van der Waals surface area (Å²) >= 11 is 1.63. The first-order valence-corrected chi connectivity index (χ1v) is 10.1. The number of hydrogen-bond donors (Lipinski definition) is 0. The molecule has 6 nitrogen and oxygen atoms in total. The lowest BCUT2D eigenvalue weighted by molar-refractivity contribution is -0.154. The largest absolute Gasteiger partial charge is 0.459 e. The molecule has 1 aromatic carbocycles. The van der Waals surface area contributed by atoms with Crippen LogP contribution < -0.4 is 5.63 Å². The van der Waals surface area contributed by atoms with Gasteiger partial charge >= 0.3 is 11.6 Å². The second-order valence-corrected chi connectivity index (χ2v) is 8.65. The number of aryl methyl sites for hydroxylation is 1. The highest BCUT2D eigenvalue weighted by Gasteiger charge is 2.53. The van der Waals surface area contributed by atoms with Gasteiger partial charge in [0.25, 0.3) is 0 Å². The summed E-state index contributed by atoms with van der Waals surface area (Å²) in [4.78, 5) is 38.1. The van der Waals surface area contributed by atoms with Crippen LogP contribution in [0.1, 0.15) is 37.8 Å². The van der Waals surface area contributed by atoms with Crippen LogP contribution in [-0.2, 0) is 27.4 Å². The maximum absolute atomic E-state index is 12.6. The van der Waals surface area contributed by atoms with Crippen molar-refractivity contribution in [2.24, 2.45) is 0 Å². The molecule has 7 heteroatoms. The number of benzene rings is 1. The minimum Gasteiger partial charge on any atom is -0.459 e. The van der Waals surface area contributed by atoms with Crippen molar-refractivity contribution in [3.8, 4) is 0 Å². The molecule has 2 aliphatic rings. The molecular weight excluding hydrogens is 366 g/mol. The number of thioether (sulfide) groups is 1. The van der Waals surface area contributed by atoms with Crippen LogP contribution in [0.5, 0.6) is 0 Å². The first-order chi connectivity index (χ1) is 12.9.